The quantitative estimate of drug-likeness (QED) is 0.878. The normalized spacial score (nSPS) is 24.9. The molecule has 0 bridgehead atoms. The van der Waals surface area contributed by atoms with Gasteiger partial charge in [0.15, 0.2) is 0 Å². The molecule has 0 saturated heterocycles. The first kappa shape index (κ1) is 13.6. The second-order valence-electron chi connectivity index (χ2n) is 5.88. The lowest BCUT2D eigenvalue weighted by Gasteiger charge is -2.32. The highest BCUT2D eigenvalue weighted by Crippen LogP contribution is 2.36. The topological polar surface area (TPSA) is 15.3 Å². The average Bonchev–Trinajstić information content (AvgIpc) is 2.38. The minimum absolute atomic E-state index is 0.541. The van der Waals surface area contributed by atoms with Crippen molar-refractivity contribution in [1.82, 2.24) is 10.2 Å². The van der Waals surface area contributed by atoms with E-state index in [1.807, 2.05) is 0 Å². The van der Waals surface area contributed by atoms with Crippen LogP contribution in [0.25, 0.3) is 0 Å². The molecule has 0 radical (unpaired) electrons. The fourth-order valence-corrected chi connectivity index (χ4v) is 2.71. The summed E-state index contributed by atoms with van der Waals surface area (Å²) in [6, 6.07) is 10.0. The zero-order valence-corrected chi connectivity index (χ0v) is 12.1. The maximum absolute atomic E-state index is 3.74. The van der Waals surface area contributed by atoms with Gasteiger partial charge in [0, 0.05) is 18.6 Å². The zero-order chi connectivity index (χ0) is 13.1. The summed E-state index contributed by atoms with van der Waals surface area (Å²) in [5.74, 6) is 0.713. The summed E-state index contributed by atoms with van der Waals surface area (Å²) >= 11 is 0. The van der Waals surface area contributed by atoms with Crippen LogP contribution in [0.2, 0.25) is 0 Å². The van der Waals surface area contributed by atoms with Crippen LogP contribution < -0.4 is 5.32 Å². The van der Waals surface area contributed by atoms with Gasteiger partial charge >= 0.3 is 0 Å². The van der Waals surface area contributed by atoms with Crippen LogP contribution in [-0.2, 0) is 0 Å². The van der Waals surface area contributed by atoms with E-state index in [9.17, 15) is 0 Å². The van der Waals surface area contributed by atoms with Crippen molar-refractivity contribution in [1.29, 1.82) is 0 Å². The van der Waals surface area contributed by atoms with Crippen molar-refractivity contribution in [3.8, 4) is 0 Å². The number of benzene rings is 1. The van der Waals surface area contributed by atoms with Crippen LogP contribution in [0.4, 0.5) is 0 Å². The van der Waals surface area contributed by atoms with E-state index in [1.54, 1.807) is 5.56 Å². The molecule has 18 heavy (non-hydrogen) atoms. The van der Waals surface area contributed by atoms with E-state index in [-0.39, 0.29) is 0 Å². The van der Waals surface area contributed by atoms with Crippen LogP contribution in [0.1, 0.15) is 49.8 Å². The largest absolute Gasteiger partial charge is 0.308 e. The number of hydrogen-bond donors (Lipinski definition) is 1. The van der Waals surface area contributed by atoms with Crippen LogP contribution >= 0.6 is 0 Å². The van der Waals surface area contributed by atoms with Crippen LogP contribution in [0.5, 0.6) is 0 Å². The molecule has 100 valence electrons. The Kier molecular flexibility index (Phi) is 4.41. The van der Waals surface area contributed by atoms with E-state index < -0.39 is 0 Å². The van der Waals surface area contributed by atoms with Gasteiger partial charge in [-0.25, -0.2) is 0 Å². The van der Waals surface area contributed by atoms with Crippen molar-refractivity contribution in [2.45, 2.75) is 44.7 Å². The molecular weight excluding hydrogens is 220 g/mol. The summed E-state index contributed by atoms with van der Waals surface area (Å²) in [6.07, 6.45) is 2.56. The molecule has 2 heteroatoms. The van der Waals surface area contributed by atoms with Gasteiger partial charge in [0.25, 0.3) is 0 Å². The number of nitrogens with one attached hydrogen (secondary N) is 1. The van der Waals surface area contributed by atoms with Gasteiger partial charge in [-0.1, -0.05) is 31.2 Å². The molecule has 0 aromatic heterocycles. The fourth-order valence-electron chi connectivity index (χ4n) is 2.71. The Balaban J connectivity index is 2.05. The standard InChI is InChI=1S/C16H26N2/c1-12-9-10-16(17-11-13(2)18(3)4)15-8-6-5-7-14(12)15/h5-8,12-13,16-17H,9-11H2,1-4H3. The van der Waals surface area contributed by atoms with E-state index in [4.69, 9.17) is 0 Å². The monoisotopic (exact) mass is 246 g/mol. The molecule has 1 N–H and O–H groups in total. The van der Waals surface area contributed by atoms with Crippen molar-refractivity contribution in [2.24, 2.45) is 0 Å². The second-order valence-corrected chi connectivity index (χ2v) is 5.88. The molecule has 0 aliphatic heterocycles. The third-order valence-corrected chi connectivity index (χ3v) is 4.33. The van der Waals surface area contributed by atoms with E-state index in [1.165, 1.54) is 18.4 Å². The summed E-state index contributed by atoms with van der Waals surface area (Å²) in [6.45, 7) is 5.67. The van der Waals surface area contributed by atoms with Gasteiger partial charge in [-0.2, -0.15) is 0 Å². The van der Waals surface area contributed by atoms with Gasteiger partial charge in [0.05, 0.1) is 0 Å². The second kappa shape index (κ2) is 5.85. The van der Waals surface area contributed by atoms with E-state index >= 15 is 0 Å². The Hall–Kier alpha value is -0.860. The summed E-state index contributed by atoms with van der Waals surface area (Å²) < 4.78 is 0. The number of likely N-dealkylation sites (N-methyl/N-ethyl adjacent to an activating group) is 1. The first-order valence-corrected chi connectivity index (χ1v) is 7.08. The molecule has 2 rings (SSSR count). The number of rotatable bonds is 4. The van der Waals surface area contributed by atoms with Gasteiger partial charge in [0.1, 0.15) is 0 Å². The molecule has 3 unspecified atom stereocenters. The highest BCUT2D eigenvalue weighted by atomic mass is 15.1. The fraction of sp³-hybridized carbons (Fsp3) is 0.625. The van der Waals surface area contributed by atoms with Crippen LogP contribution in [0.3, 0.4) is 0 Å². The first-order chi connectivity index (χ1) is 8.59. The molecule has 1 aromatic rings. The molecule has 1 aliphatic carbocycles. The molecule has 3 atom stereocenters. The van der Waals surface area contributed by atoms with E-state index in [2.05, 4.69) is 62.4 Å². The van der Waals surface area contributed by atoms with E-state index in [0.29, 0.717) is 18.0 Å². The van der Waals surface area contributed by atoms with Crippen LogP contribution in [0.15, 0.2) is 24.3 Å². The highest BCUT2D eigenvalue weighted by molar-refractivity contribution is 5.34. The number of nitrogens with zero attached hydrogens (tertiary/aromatic N) is 1. The molecular formula is C16H26N2. The summed E-state index contributed by atoms with van der Waals surface area (Å²) in [4.78, 5) is 2.27. The number of hydrogen-bond acceptors (Lipinski definition) is 2. The van der Waals surface area contributed by atoms with Crippen LogP contribution in [0, 0.1) is 0 Å². The van der Waals surface area contributed by atoms with Crippen molar-refractivity contribution in [3.63, 3.8) is 0 Å². The molecule has 0 saturated carbocycles. The molecule has 0 fully saturated rings. The predicted molar refractivity (Wildman–Crippen MR) is 78.0 cm³/mol. The zero-order valence-electron chi connectivity index (χ0n) is 12.1. The van der Waals surface area contributed by atoms with Crippen molar-refractivity contribution < 1.29 is 0 Å². The smallest absolute Gasteiger partial charge is 0.0323 e. The highest BCUT2D eigenvalue weighted by Gasteiger charge is 2.24. The first-order valence-electron chi connectivity index (χ1n) is 7.08. The summed E-state index contributed by atoms with van der Waals surface area (Å²) in [7, 11) is 4.28. The van der Waals surface area contributed by atoms with Gasteiger partial charge in [-0.3, -0.25) is 0 Å². The van der Waals surface area contributed by atoms with Crippen molar-refractivity contribution in [3.05, 3.63) is 35.4 Å². The lowest BCUT2D eigenvalue weighted by atomic mass is 9.81. The average molecular weight is 246 g/mol. The lowest BCUT2D eigenvalue weighted by Crippen LogP contribution is -2.38. The Bertz CT molecular complexity index is 386. The van der Waals surface area contributed by atoms with Gasteiger partial charge in [-0.15, -0.1) is 0 Å². The Morgan fingerprint density at radius 2 is 1.89 bits per heavy atom. The maximum Gasteiger partial charge on any atom is 0.0323 e. The van der Waals surface area contributed by atoms with E-state index in [0.717, 1.165) is 6.54 Å². The third-order valence-electron chi connectivity index (χ3n) is 4.33. The Morgan fingerprint density at radius 3 is 2.56 bits per heavy atom. The molecule has 1 aliphatic rings. The predicted octanol–water partition coefficient (Wildman–Crippen LogP) is 3.16. The van der Waals surface area contributed by atoms with Gasteiger partial charge < -0.3 is 10.2 Å². The maximum atomic E-state index is 3.74. The molecule has 0 spiro atoms. The molecule has 1 aromatic carbocycles. The molecule has 0 heterocycles. The van der Waals surface area contributed by atoms with Crippen molar-refractivity contribution >= 4 is 0 Å². The molecule has 2 nitrogen and oxygen atoms in total. The SMILES string of the molecule is CC1CCC(NCC(C)N(C)C)c2ccccc21. The van der Waals surface area contributed by atoms with Gasteiger partial charge in [0.2, 0.25) is 0 Å². The van der Waals surface area contributed by atoms with Gasteiger partial charge in [-0.05, 0) is 50.9 Å². The Labute approximate surface area is 111 Å². The minimum atomic E-state index is 0.541. The number of fused-ring (bicyclic) bond motifs is 1. The summed E-state index contributed by atoms with van der Waals surface area (Å²) in [5.41, 5.74) is 3.06. The van der Waals surface area contributed by atoms with Crippen molar-refractivity contribution in [2.75, 3.05) is 20.6 Å². The minimum Gasteiger partial charge on any atom is -0.308 e. The molecule has 0 amide bonds. The lowest BCUT2D eigenvalue weighted by molar-refractivity contribution is 0.286. The summed E-state index contributed by atoms with van der Waals surface area (Å²) in [5, 5.41) is 3.74. The Morgan fingerprint density at radius 1 is 1.22 bits per heavy atom. The van der Waals surface area contributed by atoms with Crippen LogP contribution in [-0.4, -0.2) is 31.6 Å². The third kappa shape index (κ3) is 2.93.